The molecule has 1 heteroatoms. The largest absolute Gasteiger partial charge is 0.378 e. The van der Waals surface area contributed by atoms with Gasteiger partial charge in [-0.3, -0.25) is 0 Å². The second-order valence-electron chi connectivity index (χ2n) is 2.57. The molecule has 0 aromatic rings. The minimum atomic E-state index is 0.450. The number of hydrogen-bond acceptors (Lipinski definition) is 1. The molecule has 1 nitrogen and oxygen atoms in total. The van der Waals surface area contributed by atoms with E-state index in [-0.39, 0.29) is 0 Å². The molecule has 1 rings (SSSR count). The summed E-state index contributed by atoms with van der Waals surface area (Å²) in [6, 6.07) is 0. The molecule has 47 valence electrons. The van der Waals surface area contributed by atoms with Gasteiger partial charge in [0.05, 0.1) is 6.10 Å². The molecule has 1 saturated heterocycles. The predicted molar refractivity (Wildman–Crippen MR) is 33.5 cm³/mol. The third-order valence-electron chi connectivity index (χ3n) is 1.59. The van der Waals surface area contributed by atoms with Crippen LogP contribution in [0.2, 0.25) is 0 Å². The van der Waals surface area contributed by atoms with E-state index in [0.717, 1.165) is 19.4 Å². The van der Waals surface area contributed by atoms with E-state index >= 15 is 0 Å². The first-order valence-electron chi connectivity index (χ1n) is 3.23. The molecule has 0 N–H and O–H groups in total. The highest BCUT2D eigenvalue weighted by molar-refractivity contribution is 4.69. The standard InChI is InChI=1S/C7H13O/c1-6-3-4-8-7(2)5-6/h6-7H,1,3-5H2,2H3. The van der Waals surface area contributed by atoms with E-state index in [1.807, 2.05) is 0 Å². The summed E-state index contributed by atoms with van der Waals surface area (Å²) in [5, 5.41) is 0. The number of ether oxygens (including phenoxy) is 1. The number of rotatable bonds is 0. The summed E-state index contributed by atoms with van der Waals surface area (Å²) in [4.78, 5) is 0. The molecule has 2 atom stereocenters. The van der Waals surface area contributed by atoms with Gasteiger partial charge in [0.15, 0.2) is 0 Å². The van der Waals surface area contributed by atoms with Gasteiger partial charge < -0.3 is 4.74 Å². The molecule has 1 aliphatic rings. The summed E-state index contributed by atoms with van der Waals surface area (Å²) in [5.41, 5.74) is 0. The Hall–Kier alpha value is -0.0400. The van der Waals surface area contributed by atoms with E-state index in [2.05, 4.69) is 13.8 Å². The Morgan fingerprint density at radius 3 is 2.75 bits per heavy atom. The van der Waals surface area contributed by atoms with Crippen LogP contribution in [0.3, 0.4) is 0 Å². The molecule has 0 aromatic carbocycles. The summed E-state index contributed by atoms with van der Waals surface area (Å²) in [7, 11) is 0. The van der Waals surface area contributed by atoms with Gasteiger partial charge in [0.1, 0.15) is 0 Å². The van der Waals surface area contributed by atoms with Crippen molar-refractivity contribution in [2.24, 2.45) is 5.92 Å². The summed E-state index contributed by atoms with van der Waals surface area (Å²) >= 11 is 0. The first-order valence-corrected chi connectivity index (χ1v) is 3.23. The van der Waals surface area contributed by atoms with Crippen LogP contribution in [-0.2, 0) is 4.74 Å². The maximum atomic E-state index is 5.31. The molecule has 0 spiro atoms. The first kappa shape index (κ1) is 6.09. The molecule has 1 aliphatic heterocycles. The molecule has 0 saturated carbocycles. The van der Waals surface area contributed by atoms with Crippen LogP contribution in [-0.4, -0.2) is 12.7 Å². The molecule has 2 unspecified atom stereocenters. The summed E-state index contributed by atoms with van der Waals surface area (Å²) in [6.07, 6.45) is 2.73. The molecule has 0 amide bonds. The van der Waals surface area contributed by atoms with Crippen LogP contribution in [0.4, 0.5) is 0 Å². The third-order valence-corrected chi connectivity index (χ3v) is 1.59. The highest BCUT2D eigenvalue weighted by Gasteiger charge is 2.14. The molecule has 1 heterocycles. The van der Waals surface area contributed by atoms with E-state index < -0.39 is 0 Å². The van der Waals surface area contributed by atoms with Crippen molar-refractivity contribution in [1.29, 1.82) is 0 Å². The van der Waals surface area contributed by atoms with Crippen LogP contribution < -0.4 is 0 Å². The first-order chi connectivity index (χ1) is 3.79. The fraction of sp³-hybridized carbons (Fsp3) is 0.857. The minimum absolute atomic E-state index is 0.450. The van der Waals surface area contributed by atoms with Gasteiger partial charge >= 0.3 is 0 Å². The van der Waals surface area contributed by atoms with Crippen molar-refractivity contribution in [3.63, 3.8) is 0 Å². The van der Waals surface area contributed by atoms with Gasteiger partial charge in [-0.05, 0) is 25.7 Å². The molecular weight excluding hydrogens is 100 g/mol. The topological polar surface area (TPSA) is 9.23 Å². The Morgan fingerprint density at radius 1 is 1.62 bits per heavy atom. The van der Waals surface area contributed by atoms with E-state index in [4.69, 9.17) is 4.74 Å². The van der Waals surface area contributed by atoms with E-state index in [0.29, 0.717) is 12.0 Å². The van der Waals surface area contributed by atoms with Gasteiger partial charge in [-0.1, -0.05) is 6.92 Å². The zero-order valence-electron chi connectivity index (χ0n) is 5.39. The average molecular weight is 113 g/mol. The summed E-state index contributed by atoms with van der Waals surface area (Å²) < 4.78 is 5.31. The molecule has 1 radical (unpaired) electrons. The lowest BCUT2D eigenvalue weighted by atomic mass is 9.99. The summed E-state index contributed by atoms with van der Waals surface area (Å²) in [6.45, 7) is 6.99. The van der Waals surface area contributed by atoms with Gasteiger partial charge in [0.2, 0.25) is 0 Å². The molecule has 0 bridgehead atoms. The van der Waals surface area contributed by atoms with Crippen LogP contribution in [0.25, 0.3) is 0 Å². The van der Waals surface area contributed by atoms with Crippen molar-refractivity contribution in [1.82, 2.24) is 0 Å². The monoisotopic (exact) mass is 113 g/mol. The van der Waals surface area contributed by atoms with Crippen molar-refractivity contribution >= 4 is 0 Å². The number of hydrogen-bond donors (Lipinski definition) is 0. The van der Waals surface area contributed by atoms with E-state index in [9.17, 15) is 0 Å². The lowest BCUT2D eigenvalue weighted by Gasteiger charge is -2.23. The molecule has 1 fully saturated rings. The molecular formula is C7H13O. The van der Waals surface area contributed by atoms with E-state index in [1.165, 1.54) is 0 Å². The fourth-order valence-corrected chi connectivity index (χ4v) is 1.09. The van der Waals surface area contributed by atoms with Gasteiger partial charge in [-0.2, -0.15) is 0 Å². The van der Waals surface area contributed by atoms with Gasteiger partial charge in [0.25, 0.3) is 0 Å². The zero-order chi connectivity index (χ0) is 5.98. The van der Waals surface area contributed by atoms with Crippen LogP contribution in [0.1, 0.15) is 19.8 Å². The molecule has 0 aromatic heterocycles. The van der Waals surface area contributed by atoms with Crippen molar-refractivity contribution < 1.29 is 4.74 Å². The van der Waals surface area contributed by atoms with Crippen LogP contribution in [0.15, 0.2) is 0 Å². The average Bonchev–Trinajstić information content (AvgIpc) is 1.64. The fourth-order valence-electron chi connectivity index (χ4n) is 1.09. The Balaban J connectivity index is 2.23. The smallest absolute Gasteiger partial charge is 0.0549 e. The second-order valence-corrected chi connectivity index (χ2v) is 2.57. The minimum Gasteiger partial charge on any atom is -0.378 e. The van der Waals surface area contributed by atoms with Crippen LogP contribution >= 0.6 is 0 Å². The lowest BCUT2D eigenvalue weighted by molar-refractivity contribution is 0.0120. The van der Waals surface area contributed by atoms with Crippen LogP contribution in [0, 0.1) is 12.8 Å². The predicted octanol–water partition coefficient (Wildman–Crippen LogP) is 1.64. The maximum absolute atomic E-state index is 5.31. The van der Waals surface area contributed by atoms with Gasteiger partial charge in [-0.25, -0.2) is 0 Å². The summed E-state index contributed by atoms with van der Waals surface area (Å²) in [5.74, 6) is 0.638. The highest BCUT2D eigenvalue weighted by Crippen LogP contribution is 2.17. The quantitative estimate of drug-likeness (QED) is 0.464. The Labute approximate surface area is 51.0 Å². The zero-order valence-corrected chi connectivity index (χ0v) is 5.39. The highest BCUT2D eigenvalue weighted by atomic mass is 16.5. The Bertz CT molecular complexity index is 62.8. The van der Waals surface area contributed by atoms with Crippen molar-refractivity contribution in [3.8, 4) is 0 Å². The normalized spacial score (nSPS) is 39.8. The van der Waals surface area contributed by atoms with Crippen LogP contribution in [0.5, 0.6) is 0 Å². The second kappa shape index (κ2) is 2.49. The third kappa shape index (κ3) is 1.48. The van der Waals surface area contributed by atoms with Gasteiger partial charge in [0, 0.05) is 6.61 Å². The van der Waals surface area contributed by atoms with Crippen molar-refractivity contribution in [2.45, 2.75) is 25.9 Å². The maximum Gasteiger partial charge on any atom is 0.0549 e. The molecule has 8 heavy (non-hydrogen) atoms. The van der Waals surface area contributed by atoms with E-state index in [1.54, 1.807) is 0 Å². The Morgan fingerprint density at radius 2 is 2.38 bits per heavy atom. The van der Waals surface area contributed by atoms with Crippen molar-refractivity contribution in [2.75, 3.05) is 6.61 Å². The van der Waals surface area contributed by atoms with Crippen molar-refractivity contribution in [3.05, 3.63) is 6.92 Å². The Kier molecular flexibility index (Phi) is 1.90. The SMILES string of the molecule is [CH2]C1CCOC(C)C1. The van der Waals surface area contributed by atoms with Gasteiger partial charge in [-0.15, -0.1) is 0 Å². The lowest BCUT2D eigenvalue weighted by Crippen LogP contribution is -2.20. The molecule has 0 aliphatic carbocycles.